The van der Waals surface area contributed by atoms with Gasteiger partial charge in [-0.25, -0.2) is 0 Å². The molecular weight excluding hydrogens is 316 g/mol. The van der Waals surface area contributed by atoms with Gasteiger partial charge in [0.05, 0.1) is 6.20 Å². The van der Waals surface area contributed by atoms with Crippen LogP contribution in [-0.4, -0.2) is 70.1 Å². The van der Waals surface area contributed by atoms with Crippen LogP contribution in [0.3, 0.4) is 0 Å². The Balaban J connectivity index is 1.36. The highest BCUT2D eigenvalue weighted by molar-refractivity contribution is 5.27. The van der Waals surface area contributed by atoms with E-state index in [0.29, 0.717) is 13.2 Å². The van der Waals surface area contributed by atoms with E-state index in [9.17, 15) is 5.11 Å². The first kappa shape index (κ1) is 17.9. The molecule has 6 heteroatoms. The van der Waals surface area contributed by atoms with E-state index in [1.807, 2.05) is 49.1 Å². The number of ether oxygens (including phenoxy) is 1. The standard InChI is InChI=1S/C19H28N4O2/c1-16-4-3-5-19(10-16)25-15-18(24)14-23-8-6-22(7-9-23)13-17-11-20-21(2)12-17/h3-5,10-12,18,24H,6-9,13-15H2,1-2H3/t18-/m0/s1. The van der Waals surface area contributed by atoms with Crippen LogP contribution >= 0.6 is 0 Å². The van der Waals surface area contributed by atoms with E-state index in [4.69, 9.17) is 4.74 Å². The fourth-order valence-corrected chi connectivity index (χ4v) is 3.19. The van der Waals surface area contributed by atoms with Crippen molar-refractivity contribution in [3.05, 3.63) is 47.8 Å². The van der Waals surface area contributed by atoms with Crippen molar-refractivity contribution in [2.24, 2.45) is 7.05 Å². The highest BCUT2D eigenvalue weighted by atomic mass is 16.5. The first-order chi connectivity index (χ1) is 12.1. The second-order valence-corrected chi connectivity index (χ2v) is 6.88. The lowest BCUT2D eigenvalue weighted by Crippen LogP contribution is -2.48. The molecule has 1 N–H and O–H groups in total. The third-order valence-electron chi connectivity index (χ3n) is 4.53. The van der Waals surface area contributed by atoms with Crippen LogP contribution in [0.4, 0.5) is 0 Å². The third-order valence-corrected chi connectivity index (χ3v) is 4.53. The van der Waals surface area contributed by atoms with Crippen molar-refractivity contribution in [3.63, 3.8) is 0 Å². The molecule has 1 aliphatic heterocycles. The van der Waals surface area contributed by atoms with Crippen molar-refractivity contribution < 1.29 is 9.84 Å². The van der Waals surface area contributed by atoms with Crippen molar-refractivity contribution in [1.29, 1.82) is 0 Å². The number of aliphatic hydroxyl groups excluding tert-OH is 1. The molecule has 1 atom stereocenters. The number of nitrogens with zero attached hydrogens (tertiary/aromatic N) is 4. The fraction of sp³-hybridized carbons (Fsp3) is 0.526. The summed E-state index contributed by atoms with van der Waals surface area (Å²) in [5.74, 6) is 0.820. The van der Waals surface area contributed by atoms with Gasteiger partial charge in [-0.15, -0.1) is 0 Å². The zero-order valence-electron chi connectivity index (χ0n) is 15.1. The number of aryl methyl sites for hydroxylation is 2. The van der Waals surface area contributed by atoms with E-state index in [1.54, 1.807) is 0 Å². The molecule has 3 rings (SSSR count). The van der Waals surface area contributed by atoms with Crippen molar-refractivity contribution in [2.45, 2.75) is 19.6 Å². The predicted molar refractivity (Wildman–Crippen MR) is 97.6 cm³/mol. The van der Waals surface area contributed by atoms with Gasteiger partial charge in [0.15, 0.2) is 0 Å². The average molecular weight is 344 g/mol. The van der Waals surface area contributed by atoms with Gasteiger partial charge in [-0.2, -0.15) is 5.10 Å². The Morgan fingerprint density at radius 3 is 2.64 bits per heavy atom. The molecule has 1 saturated heterocycles. The molecule has 0 radical (unpaired) electrons. The van der Waals surface area contributed by atoms with Crippen molar-refractivity contribution in [2.75, 3.05) is 39.3 Å². The highest BCUT2D eigenvalue weighted by Gasteiger charge is 2.20. The van der Waals surface area contributed by atoms with Crippen LogP contribution in [0, 0.1) is 6.92 Å². The largest absolute Gasteiger partial charge is 0.491 e. The molecular formula is C19H28N4O2. The molecule has 6 nitrogen and oxygen atoms in total. The Morgan fingerprint density at radius 1 is 1.20 bits per heavy atom. The Hall–Kier alpha value is -1.89. The van der Waals surface area contributed by atoms with Gasteiger partial charge in [0.1, 0.15) is 18.5 Å². The molecule has 1 aromatic heterocycles. The van der Waals surface area contributed by atoms with Crippen LogP contribution in [0.5, 0.6) is 5.75 Å². The molecule has 0 spiro atoms. The number of rotatable bonds is 7. The van der Waals surface area contributed by atoms with Gasteiger partial charge < -0.3 is 9.84 Å². The summed E-state index contributed by atoms with van der Waals surface area (Å²) >= 11 is 0. The summed E-state index contributed by atoms with van der Waals surface area (Å²) in [7, 11) is 1.95. The van der Waals surface area contributed by atoms with Gasteiger partial charge in [-0.3, -0.25) is 14.5 Å². The van der Waals surface area contributed by atoms with E-state index < -0.39 is 6.10 Å². The van der Waals surface area contributed by atoms with E-state index in [0.717, 1.165) is 44.0 Å². The van der Waals surface area contributed by atoms with Gasteiger partial charge >= 0.3 is 0 Å². The minimum atomic E-state index is -0.467. The Bertz CT molecular complexity index is 665. The molecule has 25 heavy (non-hydrogen) atoms. The zero-order valence-corrected chi connectivity index (χ0v) is 15.1. The molecule has 0 aliphatic carbocycles. The van der Waals surface area contributed by atoms with Crippen LogP contribution in [0.1, 0.15) is 11.1 Å². The summed E-state index contributed by atoms with van der Waals surface area (Å²) in [5.41, 5.74) is 2.42. The van der Waals surface area contributed by atoms with Gasteiger partial charge in [-0.1, -0.05) is 12.1 Å². The molecule has 2 heterocycles. The molecule has 0 unspecified atom stereocenters. The first-order valence-electron chi connectivity index (χ1n) is 8.88. The topological polar surface area (TPSA) is 53.8 Å². The number of β-amino-alcohol motifs (C(OH)–C–C–N with tert-alkyl or cyclic N) is 1. The summed E-state index contributed by atoms with van der Waals surface area (Å²) in [6.45, 7) is 7.95. The average Bonchev–Trinajstić information content (AvgIpc) is 3.00. The number of hydrogen-bond acceptors (Lipinski definition) is 5. The van der Waals surface area contributed by atoms with Crippen LogP contribution in [-0.2, 0) is 13.6 Å². The van der Waals surface area contributed by atoms with E-state index in [-0.39, 0.29) is 0 Å². The van der Waals surface area contributed by atoms with Gasteiger partial charge in [0.2, 0.25) is 0 Å². The monoisotopic (exact) mass is 344 g/mol. The smallest absolute Gasteiger partial charge is 0.119 e. The van der Waals surface area contributed by atoms with Crippen molar-refractivity contribution >= 4 is 0 Å². The van der Waals surface area contributed by atoms with E-state index in [2.05, 4.69) is 21.1 Å². The maximum atomic E-state index is 10.2. The summed E-state index contributed by atoms with van der Waals surface area (Å²) < 4.78 is 7.54. The number of benzene rings is 1. The number of piperazine rings is 1. The SMILES string of the molecule is Cc1cccc(OC[C@@H](O)CN2CCN(Cc3cnn(C)c3)CC2)c1. The minimum Gasteiger partial charge on any atom is -0.491 e. The fourth-order valence-electron chi connectivity index (χ4n) is 3.19. The van der Waals surface area contributed by atoms with Crippen LogP contribution in [0.2, 0.25) is 0 Å². The zero-order chi connectivity index (χ0) is 17.6. The Morgan fingerprint density at radius 2 is 1.96 bits per heavy atom. The number of aromatic nitrogens is 2. The van der Waals surface area contributed by atoms with Gasteiger partial charge in [-0.05, 0) is 24.6 Å². The Kier molecular flexibility index (Phi) is 6.07. The summed E-state index contributed by atoms with van der Waals surface area (Å²) in [6, 6.07) is 7.92. The lowest BCUT2D eigenvalue weighted by atomic mass is 10.2. The molecule has 0 bridgehead atoms. The van der Waals surface area contributed by atoms with Crippen LogP contribution in [0.25, 0.3) is 0 Å². The minimum absolute atomic E-state index is 0.333. The van der Waals surface area contributed by atoms with Crippen molar-refractivity contribution in [1.82, 2.24) is 19.6 Å². The van der Waals surface area contributed by atoms with Gasteiger partial charge in [0, 0.05) is 58.1 Å². The Labute approximate surface area is 149 Å². The summed E-state index contributed by atoms with van der Waals surface area (Å²) in [6.07, 6.45) is 3.53. The van der Waals surface area contributed by atoms with Crippen LogP contribution < -0.4 is 4.74 Å². The molecule has 0 saturated carbocycles. The first-order valence-corrected chi connectivity index (χ1v) is 8.88. The maximum Gasteiger partial charge on any atom is 0.119 e. The summed E-state index contributed by atoms with van der Waals surface area (Å²) in [4.78, 5) is 4.74. The van der Waals surface area contributed by atoms with E-state index in [1.165, 1.54) is 5.56 Å². The lowest BCUT2D eigenvalue weighted by molar-refractivity contribution is 0.0446. The quantitative estimate of drug-likeness (QED) is 0.820. The molecule has 2 aromatic rings. The molecule has 136 valence electrons. The maximum absolute atomic E-state index is 10.2. The third kappa shape index (κ3) is 5.56. The number of aliphatic hydroxyl groups is 1. The second-order valence-electron chi connectivity index (χ2n) is 6.88. The molecule has 0 amide bonds. The predicted octanol–water partition coefficient (Wildman–Crippen LogP) is 1.29. The van der Waals surface area contributed by atoms with Crippen molar-refractivity contribution in [3.8, 4) is 5.75 Å². The molecule has 1 aromatic carbocycles. The van der Waals surface area contributed by atoms with Crippen LogP contribution in [0.15, 0.2) is 36.7 Å². The van der Waals surface area contributed by atoms with E-state index >= 15 is 0 Å². The molecule has 1 fully saturated rings. The lowest BCUT2D eigenvalue weighted by Gasteiger charge is -2.35. The summed E-state index contributed by atoms with van der Waals surface area (Å²) in [5, 5.41) is 14.5. The second kappa shape index (κ2) is 8.47. The van der Waals surface area contributed by atoms with Gasteiger partial charge in [0.25, 0.3) is 0 Å². The highest BCUT2D eigenvalue weighted by Crippen LogP contribution is 2.13. The number of hydrogen-bond donors (Lipinski definition) is 1. The normalized spacial score (nSPS) is 17.6. The molecule has 1 aliphatic rings.